The van der Waals surface area contributed by atoms with Gasteiger partial charge in [0, 0.05) is 71.6 Å². The monoisotopic (exact) mass is 1410 g/mol. The standard InChI is InChI=1S/C95H62N8O2P2/c104-106(94-96-84-47-20-16-46-81(84)91(97-94)64-29-8-2-9-30-64)90-50-23-19-45-80(90)83-61-70(53-56-87(83)103(106)76-41-14-5-15-42-76)69-52-55-85-82(60-69)78-54-51-71(62-88(78)101(85)74-37-10-3-11-38-74)67-33-24-32-66(57-67)68-34-26-36-73(59-68)93-98-92(72-35-25-31-65(58-72)63-27-6-1-7-28-63)99-95(100-93)107(105)89-49-22-18-44-79(89)77-43-17-21-48-86(77)102(107)75-39-12-4-13-40-75/h1-62H. The number of hydrogen-bond donors (Lipinski definition) is 0. The molecule has 20 rings (SSSR count). The van der Waals surface area contributed by atoms with Crippen LogP contribution in [-0.2, 0) is 9.13 Å². The molecule has 0 amide bonds. The van der Waals surface area contributed by atoms with Gasteiger partial charge in [0.05, 0.1) is 33.6 Å². The van der Waals surface area contributed by atoms with Crippen LogP contribution < -0.4 is 31.1 Å². The van der Waals surface area contributed by atoms with Gasteiger partial charge in [-0.1, -0.05) is 267 Å². The molecule has 3 aromatic heterocycles. The highest BCUT2D eigenvalue weighted by atomic mass is 31.2. The fourth-order valence-electron chi connectivity index (χ4n) is 15.8. The van der Waals surface area contributed by atoms with E-state index in [0.29, 0.717) is 22.3 Å². The molecule has 18 aromatic rings. The third kappa shape index (κ3) is 10.6. The smallest absolute Gasteiger partial charge is 0.270 e. The van der Waals surface area contributed by atoms with E-state index in [1.807, 2.05) is 228 Å². The fourth-order valence-corrected chi connectivity index (χ4v) is 21.4. The first-order valence-corrected chi connectivity index (χ1v) is 39.1. The quantitative estimate of drug-likeness (QED) is 0.110. The van der Waals surface area contributed by atoms with Crippen molar-refractivity contribution in [1.82, 2.24) is 29.5 Å². The molecule has 0 fully saturated rings. The zero-order chi connectivity index (χ0) is 71.2. The van der Waals surface area contributed by atoms with Crippen molar-refractivity contribution in [3.63, 3.8) is 0 Å². The van der Waals surface area contributed by atoms with Crippen LogP contribution in [0.25, 0.3) is 139 Å². The molecule has 0 radical (unpaired) electrons. The van der Waals surface area contributed by atoms with Crippen molar-refractivity contribution >= 4 is 91.8 Å². The Labute approximate surface area is 618 Å². The molecule has 15 aromatic carbocycles. The number of para-hydroxylation sites is 5. The summed E-state index contributed by atoms with van der Waals surface area (Å²) in [5.41, 5.74) is 22.6. The maximum absolute atomic E-state index is 17.2. The van der Waals surface area contributed by atoms with Crippen molar-refractivity contribution in [3.8, 4) is 106 Å². The lowest BCUT2D eigenvalue weighted by molar-refractivity contribution is 0.585. The lowest BCUT2D eigenvalue weighted by atomic mass is 9.95. The predicted molar refractivity (Wildman–Crippen MR) is 440 cm³/mol. The van der Waals surface area contributed by atoms with Gasteiger partial charge in [-0.15, -0.1) is 0 Å². The number of rotatable bonds is 12. The van der Waals surface area contributed by atoms with Gasteiger partial charge < -0.3 is 4.57 Å². The Morgan fingerprint density at radius 1 is 0.234 bits per heavy atom. The SMILES string of the molecule is O=P1(c2nc(-c3cccc(-c4ccccc4)c3)nc(-c3cccc(-c4cccc(-c5ccc6c7cc(-c8ccc9c(c8)-c8ccccc8P(=O)(c8nc(-c%10ccccc%10)c%10ccccc%10n8)N9c8ccccc8)ccc7n(-c7ccccc7)c6c5)c4)c3)n2)c2ccccc2-c2ccccc2N1c1ccccc1. The summed E-state index contributed by atoms with van der Waals surface area (Å²) >= 11 is 0. The zero-order valence-corrected chi connectivity index (χ0v) is 59.4. The number of benzene rings is 15. The van der Waals surface area contributed by atoms with E-state index < -0.39 is 14.6 Å². The van der Waals surface area contributed by atoms with Crippen molar-refractivity contribution in [1.29, 1.82) is 0 Å². The van der Waals surface area contributed by atoms with Gasteiger partial charge in [0.25, 0.3) is 14.6 Å². The van der Waals surface area contributed by atoms with E-state index in [1.165, 1.54) is 0 Å². The number of anilines is 4. The fraction of sp³-hybridized carbons (Fsp3) is 0. The average Bonchev–Trinajstić information content (AvgIpc) is 0.865. The van der Waals surface area contributed by atoms with Gasteiger partial charge in [-0.25, -0.2) is 24.9 Å². The Kier molecular flexibility index (Phi) is 15.2. The molecule has 12 heteroatoms. The predicted octanol–water partition coefficient (Wildman–Crippen LogP) is 22.7. The van der Waals surface area contributed by atoms with E-state index >= 15 is 9.13 Å². The second kappa shape index (κ2) is 25.7. The summed E-state index contributed by atoms with van der Waals surface area (Å²) in [6.45, 7) is 0. The summed E-state index contributed by atoms with van der Waals surface area (Å²) < 4.78 is 40.5. The van der Waals surface area contributed by atoms with Crippen molar-refractivity contribution in [3.05, 3.63) is 376 Å². The van der Waals surface area contributed by atoms with Crippen molar-refractivity contribution in [2.75, 3.05) is 9.34 Å². The highest BCUT2D eigenvalue weighted by molar-refractivity contribution is 7.81. The molecule has 2 atom stereocenters. The Morgan fingerprint density at radius 2 is 0.654 bits per heavy atom. The van der Waals surface area contributed by atoms with Crippen molar-refractivity contribution < 1.29 is 9.13 Å². The molecule has 0 saturated heterocycles. The Hall–Kier alpha value is -13.5. The first kappa shape index (κ1) is 63.2. The van der Waals surface area contributed by atoms with Crippen LogP contribution in [0.5, 0.6) is 0 Å². The molecule has 2 unspecified atom stereocenters. The molecule has 504 valence electrons. The van der Waals surface area contributed by atoms with Gasteiger partial charge in [-0.2, -0.15) is 0 Å². The van der Waals surface area contributed by atoms with Crippen LogP contribution >= 0.6 is 14.6 Å². The molecule has 10 nitrogen and oxygen atoms in total. The summed E-state index contributed by atoms with van der Waals surface area (Å²) in [6.07, 6.45) is 0. The van der Waals surface area contributed by atoms with Crippen molar-refractivity contribution in [2.45, 2.75) is 0 Å². The molecule has 107 heavy (non-hydrogen) atoms. The normalized spacial score (nSPS) is 15.0. The van der Waals surface area contributed by atoms with Crippen LogP contribution in [0.1, 0.15) is 0 Å². The van der Waals surface area contributed by atoms with Gasteiger partial charge in [0.15, 0.2) is 11.6 Å². The maximum Gasteiger partial charge on any atom is 0.270 e. The Bertz CT molecular complexity index is 6680. The second-order valence-electron chi connectivity index (χ2n) is 27.0. The lowest BCUT2D eigenvalue weighted by Gasteiger charge is -2.39. The minimum Gasteiger partial charge on any atom is -0.309 e. The maximum atomic E-state index is 17.2. The second-order valence-corrected chi connectivity index (χ2v) is 31.9. The summed E-state index contributed by atoms with van der Waals surface area (Å²) in [5, 5.41) is 4.44. The molecular formula is C95H62N8O2P2. The topological polar surface area (TPSA) is 110 Å². The summed E-state index contributed by atoms with van der Waals surface area (Å²) in [6, 6.07) is 128. The summed E-state index contributed by atoms with van der Waals surface area (Å²) in [4.78, 5) is 26.6. The van der Waals surface area contributed by atoms with Crippen LogP contribution in [0.2, 0.25) is 0 Å². The van der Waals surface area contributed by atoms with Crippen molar-refractivity contribution in [2.24, 2.45) is 0 Å². The lowest BCUT2D eigenvalue weighted by Crippen LogP contribution is -2.36. The van der Waals surface area contributed by atoms with E-state index in [-0.39, 0.29) is 11.1 Å². The van der Waals surface area contributed by atoms with E-state index in [1.54, 1.807) is 0 Å². The van der Waals surface area contributed by atoms with Crippen LogP contribution in [0, 0.1) is 0 Å². The molecule has 5 heterocycles. The van der Waals surface area contributed by atoms with E-state index in [9.17, 15) is 0 Å². The molecule has 0 N–H and O–H groups in total. The number of fused-ring (bicyclic) bond motifs is 10. The highest BCUT2D eigenvalue weighted by Gasteiger charge is 2.48. The minimum absolute atomic E-state index is 0.182. The average molecular weight is 1410 g/mol. The number of hydrogen-bond acceptors (Lipinski definition) is 7. The van der Waals surface area contributed by atoms with Crippen LogP contribution in [0.4, 0.5) is 22.7 Å². The molecular weight excluding hydrogens is 1350 g/mol. The molecule has 0 saturated carbocycles. The van der Waals surface area contributed by atoms with E-state index in [2.05, 4.69) is 162 Å². The first-order chi connectivity index (χ1) is 52.8. The Morgan fingerprint density at radius 3 is 1.27 bits per heavy atom. The third-order valence-electron chi connectivity index (χ3n) is 20.8. The number of nitrogens with zero attached hydrogens (tertiary/aromatic N) is 8. The van der Waals surface area contributed by atoms with Crippen LogP contribution in [0.15, 0.2) is 376 Å². The molecule has 0 aliphatic carbocycles. The first-order valence-electron chi connectivity index (χ1n) is 35.8. The van der Waals surface area contributed by atoms with Gasteiger partial charge in [0.2, 0.25) is 11.1 Å². The number of aromatic nitrogens is 6. The van der Waals surface area contributed by atoms with Gasteiger partial charge in [-0.05, 0) is 165 Å². The molecule has 2 aliphatic rings. The largest absolute Gasteiger partial charge is 0.309 e. The minimum atomic E-state index is -3.96. The molecule has 0 bridgehead atoms. The molecule has 2 aliphatic heterocycles. The third-order valence-corrected chi connectivity index (χ3v) is 26.3. The van der Waals surface area contributed by atoms with Gasteiger partial charge in [-0.3, -0.25) is 18.5 Å². The van der Waals surface area contributed by atoms with Crippen LogP contribution in [-0.4, -0.2) is 29.5 Å². The summed E-state index contributed by atoms with van der Waals surface area (Å²) in [7, 11) is -7.82. The molecule has 0 spiro atoms. The van der Waals surface area contributed by atoms with E-state index in [0.717, 1.165) is 150 Å². The van der Waals surface area contributed by atoms with E-state index in [4.69, 9.17) is 24.9 Å². The van der Waals surface area contributed by atoms with Crippen LogP contribution in [0.3, 0.4) is 0 Å². The summed E-state index contributed by atoms with van der Waals surface area (Å²) in [5.74, 6) is 0.815. The van der Waals surface area contributed by atoms with Gasteiger partial charge >= 0.3 is 0 Å². The highest BCUT2D eigenvalue weighted by Crippen LogP contribution is 2.63. The van der Waals surface area contributed by atoms with Gasteiger partial charge in [0.1, 0.15) is 0 Å². The zero-order valence-electron chi connectivity index (χ0n) is 57.6. The Balaban J connectivity index is 0.687.